The maximum Gasteiger partial charge on any atom is 0.379 e. The van der Waals surface area contributed by atoms with Crippen molar-refractivity contribution in [2.75, 3.05) is 20.5 Å². The fourth-order valence-corrected chi connectivity index (χ4v) is 1.21. The second-order valence-electron chi connectivity index (χ2n) is 3.10. The predicted octanol–water partition coefficient (Wildman–Crippen LogP) is 1.42. The van der Waals surface area contributed by atoms with Crippen LogP contribution in [0.1, 0.15) is 17.3 Å². The molecule has 5 nitrogen and oxygen atoms in total. The summed E-state index contributed by atoms with van der Waals surface area (Å²) in [5, 5.41) is 0. The van der Waals surface area contributed by atoms with Crippen LogP contribution in [0.25, 0.3) is 0 Å². The van der Waals surface area contributed by atoms with Gasteiger partial charge >= 0.3 is 5.97 Å². The summed E-state index contributed by atoms with van der Waals surface area (Å²) in [6.07, 6.45) is 0. The number of methoxy groups -OCH3 is 1. The smallest absolute Gasteiger partial charge is 0.379 e. The van der Waals surface area contributed by atoms with Gasteiger partial charge in [0.1, 0.15) is 5.75 Å². The number of benzene rings is 1. The van der Waals surface area contributed by atoms with E-state index in [0.717, 1.165) is 0 Å². The van der Waals surface area contributed by atoms with Crippen LogP contribution in [0.2, 0.25) is 0 Å². The van der Waals surface area contributed by atoms with Crippen LogP contribution < -0.4 is 4.74 Å². The van der Waals surface area contributed by atoms with Gasteiger partial charge in [0.05, 0.1) is 12.2 Å². The zero-order chi connectivity index (χ0) is 12.7. The monoisotopic (exact) mass is 238 g/mol. The van der Waals surface area contributed by atoms with Crippen LogP contribution in [-0.4, -0.2) is 32.3 Å². The molecule has 0 bridgehead atoms. The molecule has 1 aromatic carbocycles. The van der Waals surface area contributed by atoms with E-state index in [2.05, 4.69) is 4.74 Å². The molecule has 17 heavy (non-hydrogen) atoms. The van der Waals surface area contributed by atoms with Crippen molar-refractivity contribution in [3.05, 3.63) is 29.8 Å². The number of Topliss-reactive ketones (excluding diaryl/α,β-unsaturated/α-hetero) is 1. The minimum Gasteiger partial charge on any atom is -0.467 e. The van der Waals surface area contributed by atoms with Gasteiger partial charge in [0.15, 0.2) is 6.79 Å². The number of carbonyl (C=O) groups is 2. The summed E-state index contributed by atoms with van der Waals surface area (Å²) in [6, 6.07) is 6.44. The second-order valence-corrected chi connectivity index (χ2v) is 3.10. The molecule has 0 fully saturated rings. The van der Waals surface area contributed by atoms with Gasteiger partial charge in [0.25, 0.3) is 5.78 Å². The Hall–Kier alpha value is -1.88. The molecular formula is C12H14O5. The molecule has 0 N–H and O–H groups in total. The molecule has 0 atom stereocenters. The van der Waals surface area contributed by atoms with Crippen LogP contribution in [-0.2, 0) is 14.3 Å². The van der Waals surface area contributed by atoms with Gasteiger partial charge in [-0.05, 0) is 19.1 Å². The number of hydrogen-bond donors (Lipinski definition) is 0. The maximum atomic E-state index is 11.7. The van der Waals surface area contributed by atoms with Crippen molar-refractivity contribution in [3.8, 4) is 5.75 Å². The summed E-state index contributed by atoms with van der Waals surface area (Å²) in [5.41, 5.74) is 0.169. The van der Waals surface area contributed by atoms with Gasteiger partial charge in [0.2, 0.25) is 0 Å². The standard InChI is InChI=1S/C12H14O5/c1-3-16-12(14)11(13)9-6-4-5-7-10(9)17-8-15-2/h4-7H,3,8H2,1-2H3. The SMILES string of the molecule is CCOC(=O)C(=O)c1ccccc1OCOC. The Morgan fingerprint density at radius 3 is 2.59 bits per heavy atom. The van der Waals surface area contributed by atoms with Crippen LogP contribution in [0.3, 0.4) is 0 Å². The van der Waals surface area contributed by atoms with Crippen LogP contribution in [0.5, 0.6) is 5.75 Å². The molecule has 0 heterocycles. The van der Waals surface area contributed by atoms with E-state index in [1.807, 2.05) is 0 Å². The number of ether oxygens (including phenoxy) is 3. The average molecular weight is 238 g/mol. The first-order valence-corrected chi connectivity index (χ1v) is 5.13. The Kier molecular flexibility index (Phi) is 5.16. The Morgan fingerprint density at radius 2 is 1.94 bits per heavy atom. The van der Waals surface area contributed by atoms with E-state index in [0.29, 0.717) is 5.75 Å². The first kappa shape index (κ1) is 13.2. The molecule has 0 aromatic heterocycles. The number of para-hydroxylation sites is 1. The highest BCUT2D eigenvalue weighted by Crippen LogP contribution is 2.18. The van der Waals surface area contributed by atoms with E-state index in [4.69, 9.17) is 9.47 Å². The van der Waals surface area contributed by atoms with Crippen molar-refractivity contribution in [2.24, 2.45) is 0 Å². The summed E-state index contributed by atoms with van der Waals surface area (Å²) < 4.78 is 14.6. The number of carbonyl (C=O) groups excluding carboxylic acids is 2. The summed E-state index contributed by atoms with van der Waals surface area (Å²) in [5.74, 6) is -1.31. The minimum absolute atomic E-state index is 0.00706. The highest BCUT2D eigenvalue weighted by Gasteiger charge is 2.21. The number of ketones is 1. The molecule has 0 unspecified atom stereocenters. The van der Waals surface area contributed by atoms with E-state index >= 15 is 0 Å². The maximum absolute atomic E-state index is 11.7. The molecule has 1 rings (SSSR count). The molecular weight excluding hydrogens is 224 g/mol. The lowest BCUT2D eigenvalue weighted by atomic mass is 10.1. The number of hydrogen-bond acceptors (Lipinski definition) is 5. The molecule has 0 aliphatic heterocycles. The highest BCUT2D eigenvalue weighted by molar-refractivity contribution is 6.41. The first-order valence-electron chi connectivity index (χ1n) is 5.13. The predicted molar refractivity (Wildman–Crippen MR) is 59.9 cm³/mol. The fourth-order valence-electron chi connectivity index (χ4n) is 1.21. The Morgan fingerprint density at radius 1 is 1.24 bits per heavy atom. The third-order valence-electron chi connectivity index (χ3n) is 1.92. The molecule has 1 aromatic rings. The van der Waals surface area contributed by atoms with Gasteiger partial charge in [-0.15, -0.1) is 0 Å². The van der Waals surface area contributed by atoms with E-state index < -0.39 is 11.8 Å². The zero-order valence-corrected chi connectivity index (χ0v) is 9.76. The highest BCUT2D eigenvalue weighted by atomic mass is 16.7. The molecule has 0 saturated heterocycles. The average Bonchev–Trinajstić information content (AvgIpc) is 2.36. The van der Waals surface area contributed by atoms with Gasteiger partial charge < -0.3 is 14.2 Å². The fraction of sp³-hybridized carbons (Fsp3) is 0.333. The number of rotatable bonds is 6. The second kappa shape index (κ2) is 6.65. The van der Waals surface area contributed by atoms with Crippen LogP contribution in [0.15, 0.2) is 24.3 Å². The molecule has 0 amide bonds. The summed E-state index contributed by atoms with van der Waals surface area (Å²) in [4.78, 5) is 23.0. The van der Waals surface area contributed by atoms with Crippen molar-refractivity contribution >= 4 is 11.8 Å². The summed E-state index contributed by atoms with van der Waals surface area (Å²) in [7, 11) is 1.47. The minimum atomic E-state index is -0.888. The Bertz CT molecular complexity index is 400. The van der Waals surface area contributed by atoms with Crippen molar-refractivity contribution in [3.63, 3.8) is 0 Å². The van der Waals surface area contributed by atoms with Gasteiger partial charge in [-0.2, -0.15) is 0 Å². The summed E-state index contributed by atoms with van der Waals surface area (Å²) >= 11 is 0. The quantitative estimate of drug-likeness (QED) is 0.324. The van der Waals surface area contributed by atoms with E-state index in [1.165, 1.54) is 13.2 Å². The van der Waals surface area contributed by atoms with Crippen LogP contribution in [0.4, 0.5) is 0 Å². The lowest BCUT2D eigenvalue weighted by molar-refractivity contribution is -0.137. The van der Waals surface area contributed by atoms with Gasteiger partial charge in [-0.25, -0.2) is 4.79 Å². The van der Waals surface area contributed by atoms with Gasteiger partial charge in [0, 0.05) is 7.11 Å². The molecule has 5 heteroatoms. The van der Waals surface area contributed by atoms with Crippen molar-refractivity contribution in [1.29, 1.82) is 0 Å². The van der Waals surface area contributed by atoms with Crippen LogP contribution in [0, 0.1) is 0 Å². The first-order chi connectivity index (χ1) is 8.20. The molecule has 0 aliphatic carbocycles. The van der Waals surface area contributed by atoms with E-state index in [-0.39, 0.29) is 19.0 Å². The molecule has 0 aliphatic rings. The third-order valence-corrected chi connectivity index (χ3v) is 1.92. The zero-order valence-electron chi connectivity index (χ0n) is 9.76. The lowest BCUT2D eigenvalue weighted by Gasteiger charge is -2.09. The van der Waals surface area contributed by atoms with E-state index in [1.54, 1.807) is 25.1 Å². The van der Waals surface area contributed by atoms with Gasteiger partial charge in [-0.1, -0.05) is 12.1 Å². The molecule has 0 spiro atoms. The molecule has 0 saturated carbocycles. The normalized spacial score (nSPS) is 9.76. The van der Waals surface area contributed by atoms with Crippen molar-refractivity contribution in [1.82, 2.24) is 0 Å². The van der Waals surface area contributed by atoms with Gasteiger partial charge in [-0.3, -0.25) is 4.79 Å². The number of esters is 1. The lowest BCUT2D eigenvalue weighted by Crippen LogP contribution is -2.18. The van der Waals surface area contributed by atoms with E-state index in [9.17, 15) is 9.59 Å². The Balaban J connectivity index is 2.88. The molecule has 92 valence electrons. The molecule has 0 radical (unpaired) electrons. The topological polar surface area (TPSA) is 61.8 Å². The largest absolute Gasteiger partial charge is 0.467 e. The van der Waals surface area contributed by atoms with Crippen LogP contribution >= 0.6 is 0 Å². The Labute approximate surface area is 99.3 Å². The van der Waals surface area contributed by atoms with Crippen molar-refractivity contribution < 1.29 is 23.8 Å². The third kappa shape index (κ3) is 3.57. The summed E-state index contributed by atoms with van der Waals surface area (Å²) in [6.45, 7) is 1.80. The van der Waals surface area contributed by atoms with Crippen molar-refractivity contribution in [2.45, 2.75) is 6.92 Å².